The molecule has 0 aliphatic carbocycles. The number of rotatable bonds is 5. The molecule has 0 N–H and O–H groups in total. The SMILES string of the molecule is C=C(C)[SiH](N(C(C)=O)c1ccccc1)N(C(C)=O)c1ccccc1. The van der Waals surface area contributed by atoms with Crippen molar-refractivity contribution in [3.8, 4) is 0 Å². The van der Waals surface area contributed by atoms with E-state index < -0.39 is 9.12 Å². The molecular formula is C19H22N2O2Si. The smallest absolute Gasteiger partial charge is 0.289 e. The number of allylic oxidation sites excluding steroid dienone is 1. The number of benzene rings is 2. The average molecular weight is 338 g/mol. The molecule has 0 spiro atoms. The predicted octanol–water partition coefficient (Wildman–Crippen LogP) is 3.43. The van der Waals surface area contributed by atoms with Crippen LogP contribution in [-0.2, 0) is 9.59 Å². The van der Waals surface area contributed by atoms with Gasteiger partial charge >= 0.3 is 0 Å². The van der Waals surface area contributed by atoms with E-state index in [4.69, 9.17) is 0 Å². The summed E-state index contributed by atoms with van der Waals surface area (Å²) < 4.78 is 3.47. The first-order chi connectivity index (χ1) is 11.4. The van der Waals surface area contributed by atoms with Crippen molar-refractivity contribution in [2.75, 3.05) is 9.13 Å². The van der Waals surface area contributed by atoms with Gasteiger partial charge in [-0.1, -0.05) is 41.6 Å². The van der Waals surface area contributed by atoms with Crippen LogP contribution in [0.25, 0.3) is 0 Å². The Morgan fingerprint density at radius 2 is 1.08 bits per heavy atom. The molecule has 4 nitrogen and oxygen atoms in total. The van der Waals surface area contributed by atoms with Crippen LogP contribution in [-0.4, -0.2) is 20.9 Å². The first kappa shape index (κ1) is 17.7. The molecule has 124 valence electrons. The number of para-hydroxylation sites is 2. The average Bonchev–Trinajstić information content (AvgIpc) is 2.55. The van der Waals surface area contributed by atoms with Gasteiger partial charge in [-0.15, -0.1) is 6.58 Å². The van der Waals surface area contributed by atoms with Gasteiger partial charge in [-0.2, -0.15) is 0 Å². The Labute approximate surface area is 144 Å². The van der Waals surface area contributed by atoms with Crippen LogP contribution < -0.4 is 9.13 Å². The Morgan fingerprint density at radius 1 is 0.750 bits per heavy atom. The summed E-state index contributed by atoms with van der Waals surface area (Å²) in [5.41, 5.74) is 1.57. The Bertz CT molecular complexity index is 674. The third-order valence-corrected chi connectivity index (χ3v) is 6.86. The van der Waals surface area contributed by atoms with Gasteiger partial charge in [0.2, 0.25) is 11.8 Å². The zero-order valence-corrected chi connectivity index (χ0v) is 15.4. The quantitative estimate of drug-likeness (QED) is 0.784. The van der Waals surface area contributed by atoms with E-state index in [1.165, 1.54) is 13.8 Å². The molecule has 0 heterocycles. The molecule has 2 aromatic carbocycles. The van der Waals surface area contributed by atoms with E-state index in [2.05, 4.69) is 6.58 Å². The molecule has 0 radical (unpaired) electrons. The van der Waals surface area contributed by atoms with Crippen LogP contribution in [0.1, 0.15) is 20.8 Å². The number of hydrogen-bond acceptors (Lipinski definition) is 2. The topological polar surface area (TPSA) is 40.6 Å². The summed E-state index contributed by atoms with van der Waals surface area (Å²) in [6, 6.07) is 18.9. The molecule has 24 heavy (non-hydrogen) atoms. The highest BCUT2D eigenvalue weighted by atomic mass is 28.3. The van der Waals surface area contributed by atoms with Gasteiger partial charge < -0.3 is 9.13 Å². The van der Waals surface area contributed by atoms with Gasteiger partial charge in [0.1, 0.15) is 0 Å². The van der Waals surface area contributed by atoms with E-state index in [1.807, 2.05) is 67.6 Å². The minimum Gasteiger partial charge on any atom is -0.320 e. The van der Waals surface area contributed by atoms with Gasteiger partial charge in [0.05, 0.1) is 0 Å². The first-order valence-corrected chi connectivity index (χ1v) is 9.39. The third-order valence-electron chi connectivity index (χ3n) is 3.68. The molecule has 0 bridgehead atoms. The maximum absolute atomic E-state index is 12.4. The summed E-state index contributed by atoms with van der Waals surface area (Å²) in [5, 5.41) is 0.841. The summed E-state index contributed by atoms with van der Waals surface area (Å²) in [5.74, 6) is -0.189. The highest BCUT2D eigenvalue weighted by molar-refractivity contribution is 6.80. The second-order valence-corrected chi connectivity index (χ2v) is 8.43. The summed E-state index contributed by atoms with van der Waals surface area (Å²) in [6.07, 6.45) is 0. The fourth-order valence-electron chi connectivity index (χ4n) is 2.72. The largest absolute Gasteiger partial charge is 0.320 e. The van der Waals surface area contributed by atoms with Crippen molar-refractivity contribution in [2.45, 2.75) is 20.8 Å². The lowest BCUT2D eigenvalue weighted by atomic mass is 10.3. The molecule has 2 aromatic rings. The number of nitrogens with zero attached hydrogens (tertiary/aromatic N) is 2. The molecule has 0 fully saturated rings. The van der Waals surface area contributed by atoms with Crippen molar-refractivity contribution in [3.63, 3.8) is 0 Å². The normalized spacial score (nSPS) is 10.3. The van der Waals surface area contributed by atoms with E-state index in [1.54, 1.807) is 9.13 Å². The lowest BCUT2D eigenvalue weighted by molar-refractivity contribution is -0.115. The lowest BCUT2D eigenvalue weighted by Crippen LogP contribution is -2.58. The molecule has 0 aliphatic rings. The molecule has 2 rings (SSSR count). The van der Waals surface area contributed by atoms with E-state index in [9.17, 15) is 9.59 Å². The second-order valence-electron chi connectivity index (χ2n) is 5.67. The number of anilines is 2. The van der Waals surface area contributed by atoms with Crippen molar-refractivity contribution in [2.24, 2.45) is 0 Å². The minimum absolute atomic E-state index is 0.0944. The fraction of sp³-hybridized carbons (Fsp3) is 0.158. The molecule has 0 saturated carbocycles. The van der Waals surface area contributed by atoms with E-state index in [-0.39, 0.29) is 11.8 Å². The fourth-order valence-corrected chi connectivity index (χ4v) is 5.43. The molecule has 0 aromatic heterocycles. The maximum Gasteiger partial charge on any atom is 0.289 e. The molecule has 0 saturated heterocycles. The van der Waals surface area contributed by atoms with Crippen molar-refractivity contribution in [1.82, 2.24) is 0 Å². The predicted molar refractivity (Wildman–Crippen MR) is 101 cm³/mol. The van der Waals surface area contributed by atoms with E-state index in [0.717, 1.165) is 16.6 Å². The molecule has 5 heteroatoms. The van der Waals surface area contributed by atoms with Crippen molar-refractivity contribution < 1.29 is 9.59 Å². The molecular weight excluding hydrogens is 316 g/mol. The molecule has 0 unspecified atom stereocenters. The Hall–Kier alpha value is -2.66. The standard InChI is InChI=1S/C19H22N2O2Si/c1-15(2)24(20(16(3)22)18-11-7-5-8-12-18)21(17(4)23)19-13-9-6-10-14-19/h5-14,24H,1H2,2-4H3. The van der Waals surface area contributed by atoms with Crippen LogP contribution in [0, 0.1) is 0 Å². The Balaban J connectivity index is 2.58. The summed E-state index contributed by atoms with van der Waals surface area (Å²) in [7, 11) is -2.33. The number of hydrogen-bond donors (Lipinski definition) is 0. The van der Waals surface area contributed by atoms with Crippen molar-refractivity contribution in [1.29, 1.82) is 0 Å². The van der Waals surface area contributed by atoms with Crippen LogP contribution >= 0.6 is 0 Å². The molecule has 0 atom stereocenters. The van der Waals surface area contributed by atoms with Gasteiger partial charge in [0, 0.05) is 25.2 Å². The first-order valence-electron chi connectivity index (χ1n) is 7.78. The zero-order chi connectivity index (χ0) is 17.7. The molecule has 2 amide bonds. The maximum atomic E-state index is 12.4. The highest BCUT2D eigenvalue weighted by Gasteiger charge is 2.34. The van der Waals surface area contributed by atoms with Gasteiger partial charge in [0.25, 0.3) is 9.12 Å². The summed E-state index contributed by atoms with van der Waals surface area (Å²) in [4.78, 5) is 24.9. The lowest BCUT2D eigenvalue weighted by Gasteiger charge is -2.38. The Morgan fingerprint density at radius 3 is 1.33 bits per heavy atom. The zero-order valence-electron chi connectivity index (χ0n) is 14.3. The van der Waals surface area contributed by atoms with Gasteiger partial charge in [-0.05, 0) is 31.2 Å². The van der Waals surface area contributed by atoms with Gasteiger partial charge in [-0.3, -0.25) is 9.59 Å². The van der Waals surface area contributed by atoms with E-state index >= 15 is 0 Å². The molecule has 0 aliphatic heterocycles. The van der Waals surface area contributed by atoms with Gasteiger partial charge in [-0.25, -0.2) is 0 Å². The number of carbonyl (C=O) groups excluding carboxylic acids is 2. The third kappa shape index (κ3) is 3.81. The minimum atomic E-state index is -2.33. The van der Waals surface area contributed by atoms with Crippen LogP contribution in [0.5, 0.6) is 0 Å². The van der Waals surface area contributed by atoms with Crippen LogP contribution in [0.2, 0.25) is 0 Å². The number of amides is 2. The number of carbonyl (C=O) groups is 2. The van der Waals surface area contributed by atoms with Gasteiger partial charge in [0.15, 0.2) is 0 Å². The summed E-state index contributed by atoms with van der Waals surface area (Å²) >= 11 is 0. The van der Waals surface area contributed by atoms with Crippen molar-refractivity contribution in [3.05, 3.63) is 72.4 Å². The highest BCUT2D eigenvalue weighted by Crippen LogP contribution is 2.25. The monoisotopic (exact) mass is 338 g/mol. The summed E-state index contributed by atoms with van der Waals surface area (Å²) in [6.45, 7) is 9.02. The van der Waals surface area contributed by atoms with E-state index in [0.29, 0.717) is 0 Å². The Kier molecular flexibility index (Phi) is 5.71. The van der Waals surface area contributed by atoms with Crippen LogP contribution in [0.15, 0.2) is 72.4 Å². The van der Waals surface area contributed by atoms with Crippen molar-refractivity contribution >= 4 is 32.3 Å². The second kappa shape index (κ2) is 7.74. The van der Waals surface area contributed by atoms with Crippen LogP contribution in [0.3, 0.4) is 0 Å². The van der Waals surface area contributed by atoms with Crippen LogP contribution in [0.4, 0.5) is 11.4 Å².